The number of hydrogen-bond acceptors (Lipinski definition) is 4. The summed E-state index contributed by atoms with van der Waals surface area (Å²) in [6, 6.07) is 16.2. The summed E-state index contributed by atoms with van der Waals surface area (Å²) in [4.78, 5) is 18.6. The minimum absolute atomic E-state index is 0.00548. The molecule has 0 aliphatic carbocycles. The van der Waals surface area contributed by atoms with E-state index in [0.29, 0.717) is 17.0 Å². The molecule has 8 heteroatoms. The van der Waals surface area contributed by atoms with Gasteiger partial charge in [0.25, 0.3) is 11.8 Å². The molecule has 146 valence electrons. The molecule has 1 saturated heterocycles. The van der Waals surface area contributed by atoms with Crippen molar-refractivity contribution in [3.05, 3.63) is 66.0 Å². The molecule has 3 aromatic rings. The van der Waals surface area contributed by atoms with Crippen molar-refractivity contribution in [2.75, 3.05) is 13.1 Å². The Bertz CT molecular complexity index is 1060. The van der Waals surface area contributed by atoms with Crippen LogP contribution in [-0.2, 0) is 0 Å². The lowest BCUT2D eigenvalue weighted by Gasteiger charge is -2.31. The van der Waals surface area contributed by atoms with E-state index in [1.807, 2.05) is 36.4 Å². The van der Waals surface area contributed by atoms with E-state index in [9.17, 15) is 13.6 Å². The summed E-state index contributed by atoms with van der Waals surface area (Å²) in [5.41, 5.74) is 2.44. The molecule has 0 bridgehead atoms. The van der Waals surface area contributed by atoms with Crippen LogP contribution in [0.2, 0.25) is 0 Å². The van der Waals surface area contributed by atoms with Crippen molar-refractivity contribution in [1.29, 1.82) is 5.26 Å². The van der Waals surface area contributed by atoms with Crippen molar-refractivity contribution in [3.63, 3.8) is 0 Å². The van der Waals surface area contributed by atoms with Gasteiger partial charge in [-0.2, -0.15) is 10.4 Å². The van der Waals surface area contributed by atoms with Crippen LogP contribution in [0.5, 0.6) is 0 Å². The first-order chi connectivity index (χ1) is 14.0. The fourth-order valence-corrected chi connectivity index (χ4v) is 3.24. The van der Waals surface area contributed by atoms with Crippen LogP contribution in [0.3, 0.4) is 0 Å². The Kier molecular flexibility index (Phi) is 4.80. The van der Waals surface area contributed by atoms with Gasteiger partial charge in [-0.05, 0) is 30.3 Å². The molecule has 3 heterocycles. The van der Waals surface area contributed by atoms with Gasteiger partial charge in [0.2, 0.25) is 0 Å². The van der Waals surface area contributed by atoms with Crippen molar-refractivity contribution < 1.29 is 13.6 Å². The Balaban J connectivity index is 1.72. The SMILES string of the molecule is N#Cc1ccc(-c2cc(C(=O)N3CCC(F)(F)CC3)nn2-c2ccccc2)nc1. The number of nitriles is 1. The van der Waals surface area contributed by atoms with Crippen molar-refractivity contribution in [2.45, 2.75) is 18.8 Å². The quantitative estimate of drug-likeness (QED) is 0.680. The predicted octanol–water partition coefficient (Wildman–Crippen LogP) is 3.68. The topological polar surface area (TPSA) is 74.8 Å². The smallest absolute Gasteiger partial charge is 0.274 e. The number of carbonyl (C=O) groups excluding carboxylic acids is 1. The maximum absolute atomic E-state index is 13.4. The summed E-state index contributed by atoms with van der Waals surface area (Å²) in [5, 5.41) is 13.4. The highest BCUT2D eigenvalue weighted by molar-refractivity contribution is 5.93. The first-order valence-corrected chi connectivity index (χ1v) is 9.16. The summed E-state index contributed by atoms with van der Waals surface area (Å²) in [6.45, 7) is -0.0110. The molecule has 4 rings (SSSR count). The summed E-state index contributed by atoms with van der Waals surface area (Å²) >= 11 is 0. The molecule has 1 aromatic carbocycles. The monoisotopic (exact) mass is 393 g/mol. The van der Waals surface area contributed by atoms with Gasteiger partial charge in [-0.25, -0.2) is 13.5 Å². The zero-order valence-corrected chi connectivity index (χ0v) is 15.4. The standard InChI is InChI=1S/C21H17F2N5O/c22-21(23)8-10-27(11-9-21)20(29)18-12-19(17-7-6-15(13-24)14-25-17)28(26-18)16-4-2-1-3-5-16/h1-7,12,14H,8-11H2. The van der Waals surface area contributed by atoms with Gasteiger partial charge in [0.15, 0.2) is 5.69 Å². The van der Waals surface area contributed by atoms with Gasteiger partial charge in [0.05, 0.1) is 22.6 Å². The van der Waals surface area contributed by atoms with E-state index >= 15 is 0 Å². The van der Waals surface area contributed by atoms with Gasteiger partial charge in [-0.15, -0.1) is 0 Å². The summed E-state index contributed by atoms with van der Waals surface area (Å²) in [7, 11) is 0. The number of piperidine rings is 1. The second kappa shape index (κ2) is 7.43. The van der Waals surface area contributed by atoms with E-state index in [4.69, 9.17) is 5.26 Å². The van der Waals surface area contributed by atoms with Crippen molar-refractivity contribution in [3.8, 4) is 23.1 Å². The molecule has 6 nitrogen and oxygen atoms in total. The second-order valence-electron chi connectivity index (χ2n) is 6.85. The molecule has 1 amide bonds. The van der Waals surface area contributed by atoms with Gasteiger partial charge >= 0.3 is 0 Å². The van der Waals surface area contributed by atoms with Gasteiger partial charge in [-0.1, -0.05) is 18.2 Å². The molecule has 0 N–H and O–H groups in total. The van der Waals surface area contributed by atoms with E-state index < -0.39 is 5.92 Å². The van der Waals surface area contributed by atoms with E-state index in [-0.39, 0.29) is 37.5 Å². The number of benzene rings is 1. The van der Waals surface area contributed by atoms with Crippen LogP contribution >= 0.6 is 0 Å². The Morgan fingerprint density at radius 2 is 1.83 bits per heavy atom. The first-order valence-electron chi connectivity index (χ1n) is 9.16. The van der Waals surface area contributed by atoms with E-state index in [0.717, 1.165) is 5.69 Å². The third kappa shape index (κ3) is 3.85. The molecule has 1 aliphatic rings. The number of pyridine rings is 1. The zero-order chi connectivity index (χ0) is 20.4. The molecule has 0 radical (unpaired) electrons. The fourth-order valence-electron chi connectivity index (χ4n) is 3.24. The molecule has 0 spiro atoms. The lowest BCUT2D eigenvalue weighted by Crippen LogP contribution is -2.42. The van der Waals surface area contributed by atoms with Crippen LogP contribution in [0, 0.1) is 11.3 Å². The van der Waals surface area contributed by atoms with Crippen LogP contribution < -0.4 is 0 Å². The van der Waals surface area contributed by atoms with Crippen molar-refractivity contribution in [1.82, 2.24) is 19.7 Å². The molecule has 0 atom stereocenters. The van der Waals surface area contributed by atoms with Gasteiger partial charge in [0.1, 0.15) is 6.07 Å². The van der Waals surface area contributed by atoms with E-state index in [1.165, 1.54) is 11.1 Å². The summed E-state index contributed by atoms with van der Waals surface area (Å²) in [6.07, 6.45) is 0.760. The Morgan fingerprint density at radius 1 is 1.10 bits per heavy atom. The molecular weight excluding hydrogens is 376 g/mol. The largest absolute Gasteiger partial charge is 0.337 e. The molecule has 2 aromatic heterocycles. The van der Waals surface area contributed by atoms with Gasteiger partial charge in [0, 0.05) is 32.1 Å². The maximum Gasteiger partial charge on any atom is 0.274 e. The number of amides is 1. The van der Waals surface area contributed by atoms with Crippen LogP contribution in [0.25, 0.3) is 17.1 Å². The van der Waals surface area contributed by atoms with Crippen LogP contribution in [0.1, 0.15) is 28.9 Å². The predicted molar refractivity (Wildman–Crippen MR) is 102 cm³/mol. The molecule has 0 unspecified atom stereocenters. The Labute approximate surface area is 166 Å². The number of carbonyl (C=O) groups is 1. The normalized spacial score (nSPS) is 15.7. The summed E-state index contributed by atoms with van der Waals surface area (Å²) in [5.74, 6) is -3.11. The number of likely N-dealkylation sites (tertiary alicyclic amines) is 1. The lowest BCUT2D eigenvalue weighted by atomic mass is 10.1. The van der Waals surface area contributed by atoms with E-state index in [2.05, 4.69) is 10.1 Å². The third-order valence-electron chi connectivity index (χ3n) is 4.87. The highest BCUT2D eigenvalue weighted by atomic mass is 19.3. The molecule has 0 saturated carbocycles. The molecule has 1 aliphatic heterocycles. The molecule has 1 fully saturated rings. The average molecular weight is 393 g/mol. The lowest BCUT2D eigenvalue weighted by molar-refractivity contribution is -0.0495. The van der Waals surface area contributed by atoms with Crippen LogP contribution in [0.4, 0.5) is 8.78 Å². The minimum atomic E-state index is -2.72. The highest BCUT2D eigenvalue weighted by Gasteiger charge is 2.36. The second-order valence-corrected chi connectivity index (χ2v) is 6.85. The average Bonchev–Trinajstić information content (AvgIpc) is 3.19. The number of hydrogen-bond donors (Lipinski definition) is 0. The minimum Gasteiger partial charge on any atom is -0.337 e. The first kappa shape index (κ1) is 18.7. The number of aromatic nitrogens is 3. The number of halogens is 2. The maximum atomic E-state index is 13.4. The molecule has 29 heavy (non-hydrogen) atoms. The zero-order valence-electron chi connectivity index (χ0n) is 15.4. The summed E-state index contributed by atoms with van der Waals surface area (Å²) < 4.78 is 28.5. The van der Waals surface area contributed by atoms with Crippen LogP contribution in [0.15, 0.2) is 54.7 Å². The third-order valence-corrected chi connectivity index (χ3v) is 4.87. The van der Waals surface area contributed by atoms with Gasteiger partial charge in [-0.3, -0.25) is 9.78 Å². The number of nitrogens with zero attached hydrogens (tertiary/aromatic N) is 5. The van der Waals surface area contributed by atoms with Gasteiger partial charge < -0.3 is 4.90 Å². The highest BCUT2D eigenvalue weighted by Crippen LogP contribution is 2.29. The Hall–Kier alpha value is -3.60. The van der Waals surface area contributed by atoms with E-state index in [1.54, 1.807) is 22.9 Å². The number of rotatable bonds is 3. The Morgan fingerprint density at radius 3 is 2.45 bits per heavy atom. The van der Waals surface area contributed by atoms with Crippen LogP contribution in [-0.4, -0.2) is 44.6 Å². The fraction of sp³-hybridized carbons (Fsp3) is 0.238. The number of para-hydroxylation sites is 1. The number of alkyl halides is 2. The molecular formula is C21H17F2N5O. The van der Waals surface area contributed by atoms with Crippen molar-refractivity contribution >= 4 is 5.91 Å². The van der Waals surface area contributed by atoms with Crippen molar-refractivity contribution in [2.24, 2.45) is 0 Å².